The molecule has 58 heavy (non-hydrogen) atoms. The minimum absolute atomic E-state index is 0.00809. The summed E-state index contributed by atoms with van der Waals surface area (Å²) in [6.07, 6.45) is -5.05. The molecule has 4 aromatic rings. The van der Waals surface area contributed by atoms with Crippen molar-refractivity contribution in [1.82, 2.24) is 19.8 Å². The van der Waals surface area contributed by atoms with Crippen LogP contribution in [0, 0.1) is 0 Å². The minimum Gasteiger partial charge on any atom is -0.302 e. The van der Waals surface area contributed by atoms with Crippen LogP contribution in [0.25, 0.3) is 0 Å². The van der Waals surface area contributed by atoms with E-state index in [0.29, 0.717) is 20.9 Å². The van der Waals surface area contributed by atoms with E-state index in [9.17, 15) is 45.5 Å². The van der Waals surface area contributed by atoms with Crippen LogP contribution in [0.5, 0.6) is 0 Å². The Morgan fingerprint density at radius 3 is 1.43 bits per heavy atom. The molecule has 2 aromatic carbocycles. The topological polar surface area (TPSA) is 125 Å². The highest BCUT2D eigenvalue weighted by Gasteiger charge is 2.42. The molecule has 0 atom stereocenters. The third-order valence-corrected chi connectivity index (χ3v) is 13.2. The lowest BCUT2D eigenvalue weighted by Crippen LogP contribution is -2.31. The van der Waals surface area contributed by atoms with Gasteiger partial charge in [-0.3, -0.25) is 29.0 Å². The van der Waals surface area contributed by atoms with Crippen molar-refractivity contribution in [2.24, 2.45) is 0 Å². The number of hydrogen-bond acceptors (Lipinski definition) is 12. The average Bonchev–Trinajstić information content (AvgIpc) is 3.92. The number of benzene rings is 2. The normalized spacial score (nSPS) is 16.2. The number of carbonyl (C=O) groups is 4. The molecule has 0 aliphatic carbocycles. The Kier molecular flexibility index (Phi) is 13.7. The summed E-state index contributed by atoms with van der Waals surface area (Å²) < 4.78 is 78.8. The summed E-state index contributed by atoms with van der Waals surface area (Å²) in [4.78, 5) is 64.4. The third-order valence-electron chi connectivity index (χ3n) is 8.34. The Bertz CT molecular complexity index is 2150. The van der Waals surface area contributed by atoms with E-state index in [1.807, 2.05) is 0 Å². The number of thiocarbonyl (C=S) groups is 2. The van der Waals surface area contributed by atoms with Gasteiger partial charge in [0.05, 0.1) is 20.9 Å². The van der Waals surface area contributed by atoms with Gasteiger partial charge in [-0.05, 0) is 36.1 Å². The molecule has 10 nitrogen and oxygen atoms in total. The van der Waals surface area contributed by atoms with Gasteiger partial charge in [-0.15, -0.1) is 22.7 Å². The number of thioether (sulfide) groups is 2. The molecule has 2 N–H and O–H groups in total. The van der Waals surface area contributed by atoms with Crippen molar-refractivity contribution < 1.29 is 45.5 Å². The predicted molar refractivity (Wildman–Crippen MR) is 219 cm³/mol. The molecule has 0 unspecified atom stereocenters. The number of aromatic nitrogens is 2. The standard InChI is InChI=1S/C36H28F6N6O4S6/c37-35(38,39)21-7-1-5-19(13-21)15-23-17-43-31(55-23)45-25(49)9-3-11-47-29(51)27(57-33(47)53)28-30(52)48(34(54)58-28)12-4-10-26(50)46-32-44-18-24(56-32)16-20-6-2-8-22(14-20)36(40,41)42/h1-2,5-8,13-14,17-18H,3-4,9-12,15-16H2,(H,43,45,49)(H,44,46,50). The van der Waals surface area contributed by atoms with E-state index in [0.717, 1.165) is 70.5 Å². The zero-order valence-corrected chi connectivity index (χ0v) is 34.5. The van der Waals surface area contributed by atoms with Crippen molar-refractivity contribution in [3.63, 3.8) is 0 Å². The maximum absolute atomic E-state index is 13.4. The van der Waals surface area contributed by atoms with E-state index in [2.05, 4.69) is 20.6 Å². The van der Waals surface area contributed by atoms with Gasteiger partial charge in [0.1, 0.15) is 8.64 Å². The van der Waals surface area contributed by atoms with Crippen molar-refractivity contribution in [3.05, 3.63) is 103 Å². The van der Waals surface area contributed by atoms with E-state index >= 15 is 0 Å². The Labute approximate surface area is 353 Å². The summed E-state index contributed by atoms with van der Waals surface area (Å²) >= 11 is 15.0. The van der Waals surface area contributed by atoms with E-state index < -0.39 is 35.3 Å². The molecule has 6 rings (SSSR count). The second-order valence-electron chi connectivity index (χ2n) is 12.6. The molecule has 22 heteroatoms. The summed E-state index contributed by atoms with van der Waals surface area (Å²) in [6.45, 7) is 0.197. The Morgan fingerprint density at radius 2 is 1.05 bits per heavy atom. The number of amides is 4. The number of alkyl halides is 6. The van der Waals surface area contributed by atoms with Gasteiger partial charge in [0.25, 0.3) is 11.8 Å². The lowest BCUT2D eigenvalue weighted by molar-refractivity contribution is -0.138. The molecule has 0 spiro atoms. The molecule has 0 bridgehead atoms. The summed E-state index contributed by atoms with van der Waals surface area (Å²) in [5.74, 6) is -1.76. The van der Waals surface area contributed by atoms with Gasteiger partial charge in [-0.2, -0.15) is 26.3 Å². The molecule has 2 aliphatic heterocycles. The van der Waals surface area contributed by atoms with Crippen LogP contribution in [0.2, 0.25) is 0 Å². The highest BCUT2D eigenvalue weighted by molar-refractivity contribution is 8.29. The Hall–Kier alpha value is -4.22. The van der Waals surface area contributed by atoms with Crippen LogP contribution in [0.4, 0.5) is 36.6 Å². The lowest BCUT2D eigenvalue weighted by atomic mass is 10.1. The molecule has 0 saturated carbocycles. The van der Waals surface area contributed by atoms with Gasteiger partial charge >= 0.3 is 12.4 Å². The van der Waals surface area contributed by atoms with E-state index in [1.165, 1.54) is 34.3 Å². The lowest BCUT2D eigenvalue weighted by Gasteiger charge is -2.14. The van der Waals surface area contributed by atoms with Crippen molar-refractivity contribution in [3.8, 4) is 0 Å². The molecule has 2 fully saturated rings. The number of nitrogens with zero attached hydrogens (tertiary/aromatic N) is 4. The molecule has 2 aliphatic rings. The fourth-order valence-corrected chi connectivity index (χ4v) is 10.1. The van der Waals surface area contributed by atoms with Crippen molar-refractivity contribution in [2.75, 3.05) is 23.7 Å². The fraction of sp³-hybridized carbons (Fsp3) is 0.278. The van der Waals surface area contributed by atoms with Crippen LogP contribution in [-0.2, 0) is 44.4 Å². The maximum atomic E-state index is 13.4. The Morgan fingerprint density at radius 1 is 0.655 bits per heavy atom. The number of carbonyl (C=O) groups excluding carboxylic acids is 4. The Balaban J connectivity index is 0.935. The van der Waals surface area contributed by atoms with Gasteiger partial charge in [0, 0.05) is 60.9 Å². The quantitative estimate of drug-likeness (QED) is 0.0721. The van der Waals surface area contributed by atoms with Crippen LogP contribution < -0.4 is 10.6 Å². The number of anilines is 2. The van der Waals surface area contributed by atoms with Gasteiger partial charge in [0.15, 0.2) is 10.3 Å². The van der Waals surface area contributed by atoms with E-state index in [-0.39, 0.29) is 92.1 Å². The number of halogens is 6. The maximum Gasteiger partial charge on any atom is 0.416 e. The SMILES string of the molecule is O=C(CCCN1C(=O)C(=C2SC(=S)N(CCCC(=O)Nc3ncc(Cc4cccc(C(F)(F)F)c4)s3)C2=O)SC1=S)Nc1ncc(Cc2cccc(C(F)(F)F)c2)s1. The second-order valence-corrected chi connectivity index (χ2v) is 18.1. The third kappa shape index (κ3) is 11.1. The molecule has 0 radical (unpaired) electrons. The number of thiazole rings is 2. The van der Waals surface area contributed by atoms with Crippen LogP contribution in [0.1, 0.15) is 57.7 Å². The van der Waals surface area contributed by atoms with Gasteiger partial charge < -0.3 is 10.6 Å². The number of rotatable bonds is 14. The smallest absolute Gasteiger partial charge is 0.302 e. The van der Waals surface area contributed by atoms with Gasteiger partial charge in [0.2, 0.25) is 11.8 Å². The zero-order chi connectivity index (χ0) is 41.8. The molecule has 4 amide bonds. The summed E-state index contributed by atoms with van der Waals surface area (Å²) in [5.41, 5.74) is -0.598. The first-order valence-electron chi connectivity index (χ1n) is 17.1. The molecule has 2 saturated heterocycles. The van der Waals surface area contributed by atoms with E-state index in [1.54, 1.807) is 12.1 Å². The first kappa shape index (κ1) is 43.4. The first-order chi connectivity index (χ1) is 27.4. The van der Waals surface area contributed by atoms with Crippen LogP contribution in [-0.4, -0.2) is 65.1 Å². The molecule has 4 heterocycles. The van der Waals surface area contributed by atoms with Crippen LogP contribution in [0.3, 0.4) is 0 Å². The minimum atomic E-state index is -4.46. The zero-order valence-electron chi connectivity index (χ0n) is 29.6. The highest BCUT2D eigenvalue weighted by Crippen LogP contribution is 2.42. The first-order valence-corrected chi connectivity index (χ1v) is 21.2. The number of hydrogen-bond donors (Lipinski definition) is 2. The average molecular weight is 915 g/mol. The van der Waals surface area contributed by atoms with Crippen molar-refractivity contribution >= 4 is 113 Å². The van der Waals surface area contributed by atoms with Gasteiger partial charge in [-0.25, -0.2) is 9.97 Å². The van der Waals surface area contributed by atoms with Crippen molar-refractivity contribution in [2.45, 2.75) is 50.9 Å². The van der Waals surface area contributed by atoms with Gasteiger partial charge in [-0.1, -0.05) is 84.4 Å². The number of nitrogens with one attached hydrogen (secondary N) is 2. The monoisotopic (exact) mass is 914 g/mol. The molecule has 2 aromatic heterocycles. The van der Waals surface area contributed by atoms with E-state index in [4.69, 9.17) is 24.4 Å². The predicted octanol–water partition coefficient (Wildman–Crippen LogP) is 8.89. The summed E-state index contributed by atoms with van der Waals surface area (Å²) in [6, 6.07) is 9.96. The second kappa shape index (κ2) is 18.4. The fourth-order valence-electron chi connectivity index (χ4n) is 5.63. The largest absolute Gasteiger partial charge is 0.416 e. The molecular formula is C36H28F6N6O4S6. The summed E-state index contributed by atoms with van der Waals surface area (Å²) in [5, 5.41) is 5.89. The van der Waals surface area contributed by atoms with Crippen LogP contribution >= 0.6 is 70.6 Å². The highest BCUT2D eigenvalue weighted by atomic mass is 32.2. The molecular weight excluding hydrogens is 887 g/mol. The van der Waals surface area contributed by atoms with Crippen LogP contribution in [0.15, 0.2) is 70.7 Å². The molecule has 304 valence electrons. The van der Waals surface area contributed by atoms with Crippen molar-refractivity contribution in [1.29, 1.82) is 0 Å². The summed E-state index contributed by atoms with van der Waals surface area (Å²) in [7, 11) is 0.